The minimum absolute atomic E-state index is 0.340. The van der Waals surface area contributed by atoms with Crippen LogP contribution in [0.5, 0.6) is 5.75 Å². The zero-order valence-electron chi connectivity index (χ0n) is 12.2. The molecule has 0 heterocycles. The van der Waals surface area contributed by atoms with Crippen molar-refractivity contribution >= 4 is 14.0 Å². The molecule has 0 bridgehead atoms. The van der Waals surface area contributed by atoms with Crippen LogP contribution in [0.1, 0.15) is 15.9 Å². The Morgan fingerprint density at radius 2 is 1.95 bits per heavy atom. The Labute approximate surface area is 115 Å². The molecule has 0 aromatic heterocycles. The van der Waals surface area contributed by atoms with Gasteiger partial charge in [0.05, 0.1) is 19.8 Å². The van der Waals surface area contributed by atoms with Gasteiger partial charge in [-0.3, -0.25) is 0 Å². The molecule has 102 valence electrons. The number of rotatable bonds is 3. The van der Waals surface area contributed by atoms with Gasteiger partial charge in [-0.15, -0.1) is 11.5 Å². The summed E-state index contributed by atoms with van der Waals surface area (Å²) in [6.07, 6.45) is 0.534. The van der Waals surface area contributed by atoms with Crippen molar-refractivity contribution in [3.8, 4) is 17.2 Å². The van der Waals surface area contributed by atoms with Gasteiger partial charge in [-0.05, 0) is 23.8 Å². The Hall–Kier alpha value is -1.73. The average molecular weight is 276 g/mol. The van der Waals surface area contributed by atoms with E-state index in [-0.39, 0.29) is 5.97 Å². The van der Waals surface area contributed by atoms with E-state index in [1.54, 1.807) is 19.2 Å². The fourth-order valence-corrected chi connectivity index (χ4v) is 2.18. The predicted octanol–water partition coefficient (Wildman–Crippen LogP) is 2.91. The van der Waals surface area contributed by atoms with Crippen LogP contribution in [0.3, 0.4) is 0 Å². The molecule has 1 aromatic rings. The SMILES string of the molecule is COC(=O)c1ccc(OC)cc1CC#C[Si](C)(C)C. The first-order valence-electron chi connectivity index (χ1n) is 6.12. The molecule has 0 N–H and O–H groups in total. The number of esters is 1. The summed E-state index contributed by atoms with van der Waals surface area (Å²) < 4.78 is 9.96. The summed E-state index contributed by atoms with van der Waals surface area (Å²) in [6, 6.07) is 5.31. The lowest BCUT2D eigenvalue weighted by Gasteiger charge is -2.08. The Kier molecular flexibility index (Phi) is 5.19. The van der Waals surface area contributed by atoms with Crippen LogP contribution in [0.2, 0.25) is 19.6 Å². The van der Waals surface area contributed by atoms with E-state index in [1.165, 1.54) is 7.11 Å². The summed E-state index contributed by atoms with van der Waals surface area (Å²) in [6.45, 7) is 6.56. The number of methoxy groups -OCH3 is 2. The van der Waals surface area contributed by atoms with Gasteiger partial charge in [-0.2, -0.15) is 0 Å². The van der Waals surface area contributed by atoms with Crippen molar-refractivity contribution < 1.29 is 14.3 Å². The van der Waals surface area contributed by atoms with E-state index in [1.807, 2.05) is 6.07 Å². The van der Waals surface area contributed by atoms with Gasteiger partial charge < -0.3 is 9.47 Å². The van der Waals surface area contributed by atoms with Crippen molar-refractivity contribution in [2.24, 2.45) is 0 Å². The molecule has 19 heavy (non-hydrogen) atoms. The van der Waals surface area contributed by atoms with Crippen molar-refractivity contribution in [3.63, 3.8) is 0 Å². The van der Waals surface area contributed by atoms with Crippen molar-refractivity contribution in [1.29, 1.82) is 0 Å². The van der Waals surface area contributed by atoms with Crippen LogP contribution < -0.4 is 4.74 Å². The lowest BCUT2D eigenvalue weighted by atomic mass is 10.0. The van der Waals surface area contributed by atoms with E-state index in [4.69, 9.17) is 9.47 Å². The van der Waals surface area contributed by atoms with Crippen LogP contribution in [0, 0.1) is 11.5 Å². The highest BCUT2D eigenvalue weighted by Gasteiger charge is 2.12. The smallest absolute Gasteiger partial charge is 0.338 e. The summed E-state index contributed by atoms with van der Waals surface area (Å²) in [5, 5.41) is 0. The van der Waals surface area contributed by atoms with Crippen LogP contribution >= 0.6 is 0 Å². The minimum Gasteiger partial charge on any atom is -0.497 e. The molecule has 0 radical (unpaired) electrons. The predicted molar refractivity (Wildman–Crippen MR) is 79.2 cm³/mol. The standard InChI is InChI=1S/C15H20O3Si/c1-17-13-8-9-14(15(16)18-2)12(11-13)7-6-10-19(3,4)5/h8-9,11H,7H2,1-5H3. The first-order chi connectivity index (χ1) is 8.87. The van der Waals surface area contributed by atoms with E-state index in [9.17, 15) is 4.79 Å². The summed E-state index contributed by atoms with van der Waals surface area (Å²) in [7, 11) is 1.59. The number of carbonyl (C=O) groups is 1. The van der Waals surface area contributed by atoms with E-state index in [0.29, 0.717) is 12.0 Å². The van der Waals surface area contributed by atoms with E-state index < -0.39 is 8.07 Å². The molecule has 0 spiro atoms. The molecule has 0 saturated heterocycles. The molecule has 0 aliphatic rings. The molecule has 0 aliphatic heterocycles. The first-order valence-corrected chi connectivity index (χ1v) is 9.62. The number of ether oxygens (including phenoxy) is 2. The number of benzene rings is 1. The van der Waals surface area contributed by atoms with Crippen LogP contribution in [0.4, 0.5) is 0 Å². The van der Waals surface area contributed by atoms with Gasteiger partial charge in [-0.1, -0.05) is 19.6 Å². The molecule has 0 atom stereocenters. The fourth-order valence-electron chi connectivity index (χ4n) is 1.56. The zero-order chi connectivity index (χ0) is 14.5. The topological polar surface area (TPSA) is 35.5 Å². The Morgan fingerprint density at radius 1 is 1.26 bits per heavy atom. The van der Waals surface area contributed by atoms with Crippen LogP contribution in [0.15, 0.2) is 18.2 Å². The summed E-state index contributed by atoms with van der Waals surface area (Å²) >= 11 is 0. The molecule has 0 fully saturated rings. The second-order valence-electron chi connectivity index (χ2n) is 5.24. The van der Waals surface area contributed by atoms with Crippen molar-refractivity contribution in [2.45, 2.75) is 26.1 Å². The van der Waals surface area contributed by atoms with Gasteiger partial charge in [0, 0.05) is 6.42 Å². The molecule has 0 aliphatic carbocycles. The quantitative estimate of drug-likeness (QED) is 0.484. The fraction of sp³-hybridized carbons (Fsp3) is 0.400. The van der Waals surface area contributed by atoms with Crippen LogP contribution in [0.25, 0.3) is 0 Å². The summed E-state index contributed by atoms with van der Waals surface area (Å²) in [5.74, 6) is 3.54. The summed E-state index contributed by atoms with van der Waals surface area (Å²) in [5.41, 5.74) is 4.68. The third kappa shape index (κ3) is 4.80. The molecular formula is C15H20O3Si. The normalized spacial score (nSPS) is 10.4. The van der Waals surface area contributed by atoms with Gasteiger partial charge in [-0.25, -0.2) is 4.79 Å². The minimum atomic E-state index is -1.39. The monoisotopic (exact) mass is 276 g/mol. The van der Waals surface area contributed by atoms with E-state index in [0.717, 1.165) is 11.3 Å². The van der Waals surface area contributed by atoms with Crippen LogP contribution in [-0.4, -0.2) is 28.3 Å². The zero-order valence-corrected chi connectivity index (χ0v) is 13.2. The largest absolute Gasteiger partial charge is 0.497 e. The highest BCUT2D eigenvalue weighted by Crippen LogP contribution is 2.19. The maximum absolute atomic E-state index is 11.7. The molecule has 0 unspecified atom stereocenters. The molecular weight excluding hydrogens is 256 g/mol. The first kappa shape index (κ1) is 15.3. The molecule has 0 saturated carbocycles. The van der Waals surface area contributed by atoms with Gasteiger partial charge in [0.1, 0.15) is 13.8 Å². The highest BCUT2D eigenvalue weighted by molar-refractivity contribution is 6.83. The Balaban J connectivity index is 3.07. The maximum Gasteiger partial charge on any atom is 0.338 e. The lowest BCUT2D eigenvalue weighted by molar-refractivity contribution is 0.0599. The third-order valence-corrected chi connectivity index (χ3v) is 3.39. The van der Waals surface area contributed by atoms with Crippen molar-refractivity contribution in [1.82, 2.24) is 0 Å². The molecule has 0 amide bonds. The van der Waals surface area contributed by atoms with Gasteiger partial charge in [0.25, 0.3) is 0 Å². The lowest BCUT2D eigenvalue weighted by Crippen LogP contribution is -2.16. The third-order valence-electron chi connectivity index (χ3n) is 2.46. The number of carbonyl (C=O) groups excluding carboxylic acids is 1. The van der Waals surface area contributed by atoms with Crippen molar-refractivity contribution in [3.05, 3.63) is 29.3 Å². The Morgan fingerprint density at radius 3 is 2.47 bits per heavy atom. The number of hydrogen-bond donors (Lipinski definition) is 0. The second kappa shape index (κ2) is 6.44. The maximum atomic E-state index is 11.7. The highest BCUT2D eigenvalue weighted by atomic mass is 28.3. The van der Waals surface area contributed by atoms with Gasteiger partial charge >= 0.3 is 5.97 Å². The number of hydrogen-bond acceptors (Lipinski definition) is 3. The van der Waals surface area contributed by atoms with E-state index >= 15 is 0 Å². The molecule has 1 rings (SSSR count). The Bertz CT molecular complexity index is 518. The molecule has 3 nitrogen and oxygen atoms in total. The second-order valence-corrected chi connectivity index (χ2v) is 9.99. The van der Waals surface area contributed by atoms with E-state index in [2.05, 4.69) is 31.1 Å². The molecule has 1 aromatic carbocycles. The van der Waals surface area contributed by atoms with Crippen molar-refractivity contribution in [2.75, 3.05) is 14.2 Å². The van der Waals surface area contributed by atoms with Gasteiger partial charge in [0.2, 0.25) is 0 Å². The van der Waals surface area contributed by atoms with Crippen LogP contribution in [-0.2, 0) is 11.2 Å². The summed E-state index contributed by atoms with van der Waals surface area (Å²) in [4.78, 5) is 11.7. The molecule has 4 heteroatoms. The average Bonchev–Trinajstić information content (AvgIpc) is 2.36. The van der Waals surface area contributed by atoms with Gasteiger partial charge in [0.15, 0.2) is 0 Å².